The predicted octanol–water partition coefficient (Wildman–Crippen LogP) is 3.61. The van der Waals surface area contributed by atoms with E-state index in [0.29, 0.717) is 41.2 Å². The van der Waals surface area contributed by atoms with E-state index in [2.05, 4.69) is 4.90 Å². The van der Waals surface area contributed by atoms with Crippen LogP contribution in [0.5, 0.6) is 5.75 Å². The second-order valence-electron chi connectivity index (χ2n) is 8.96. The van der Waals surface area contributed by atoms with Gasteiger partial charge in [-0.1, -0.05) is 18.0 Å². The topological polar surface area (TPSA) is 67.7 Å². The number of hydrogen-bond donors (Lipinski definition) is 0. The Bertz CT molecular complexity index is 1230. The van der Waals surface area contributed by atoms with Crippen LogP contribution in [0.3, 0.4) is 0 Å². The number of hydrogen-bond acceptors (Lipinski definition) is 5. The highest BCUT2D eigenvalue weighted by atomic mass is 35.5. The third-order valence-corrected chi connectivity index (χ3v) is 6.96. The number of nitrogens with zero attached hydrogens (tertiary/aromatic N) is 4. The fraction of sp³-hybridized carbons (Fsp3) is 0.423. The minimum Gasteiger partial charge on any atom is -0.492 e. The number of aryl methyl sites for hydroxylation is 1. The highest BCUT2D eigenvalue weighted by Gasteiger charge is 2.23. The Morgan fingerprint density at radius 1 is 0.971 bits per heavy atom. The zero-order chi connectivity index (χ0) is 23.5. The Hall–Kier alpha value is -2.90. The van der Waals surface area contributed by atoms with Crippen LogP contribution in [-0.4, -0.2) is 64.6 Å². The van der Waals surface area contributed by atoms with Gasteiger partial charge in [0.25, 0.3) is 11.5 Å². The maximum Gasteiger partial charge on any atom is 0.261 e. The summed E-state index contributed by atoms with van der Waals surface area (Å²) in [4.78, 5) is 35.1. The van der Waals surface area contributed by atoms with E-state index in [1.54, 1.807) is 18.2 Å². The molecule has 5 rings (SSSR count). The fourth-order valence-corrected chi connectivity index (χ4v) is 4.86. The van der Waals surface area contributed by atoms with Crippen LogP contribution >= 0.6 is 11.6 Å². The average molecular weight is 481 g/mol. The number of benzene rings is 2. The van der Waals surface area contributed by atoms with Crippen molar-refractivity contribution in [3.05, 3.63) is 69.2 Å². The van der Waals surface area contributed by atoms with Crippen LogP contribution in [-0.2, 0) is 13.0 Å². The Labute approximate surface area is 203 Å². The molecule has 2 aromatic carbocycles. The summed E-state index contributed by atoms with van der Waals surface area (Å²) < 4.78 is 7.60. The summed E-state index contributed by atoms with van der Waals surface area (Å²) in [6.07, 6.45) is 3.98. The smallest absolute Gasteiger partial charge is 0.261 e. The number of fused-ring (bicyclic) bond motifs is 2. The van der Waals surface area contributed by atoms with Crippen LogP contribution in [0.2, 0.25) is 5.02 Å². The summed E-state index contributed by atoms with van der Waals surface area (Å²) in [6.45, 7) is 5.06. The van der Waals surface area contributed by atoms with Crippen molar-refractivity contribution in [2.24, 2.45) is 0 Å². The summed E-state index contributed by atoms with van der Waals surface area (Å²) in [6, 6.07) is 12.7. The van der Waals surface area contributed by atoms with Gasteiger partial charge >= 0.3 is 0 Å². The minimum atomic E-state index is -0.00388. The number of piperazine rings is 1. The number of aromatic nitrogens is 2. The molecule has 8 heteroatoms. The van der Waals surface area contributed by atoms with Crippen molar-refractivity contribution in [1.29, 1.82) is 0 Å². The molecule has 2 aliphatic rings. The number of carbonyl (C=O) groups is 1. The van der Waals surface area contributed by atoms with E-state index in [4.69, 9.17) is 21.3 Å². The summed E-state index contributed by atoms with van der Waals surface area (Å²) >= 11 is 5.91. The quantitative estimate of drug-likeness (QED) is 0.558. The van der Waals surface area contributed by atoms with E-state index in [0.717, 1.165) is 63.4 Å². The van der Waals surface area contributed by atoms with Gasteiger partial charge in [-0.2, -0.15) is 0 Å². The summed E-state index contributed by atoms with van der Waals surface area (Å²) in [5, 5.41) is 1.28. The van der Waals surface area contributed by atoms with Crippen molar-refractivity contribution in [3.63, 3.8) is 0 Å². The molecular weight excluding hydrogens is 452 g/mol. The molecule has 3 aromatic rings. The van der Waals surface area contributed by atoms with Crippen molar-refractivity contribution < 1.29 is 9.53 Å². The van der Waals surface area contributed by atoms with Crippen molar-refractivity contribution in [2.45, 2.75) is 32.2 Å². The molecule has 0 saturated carbocycles. The van der Waals surface area contributed by atoms with Crippen molar-refractivity contribution >= 4 is 28.4 Å². The molecule has 178 valence electrons. The molecule has 0 N–H and O–H groups in total. The average Bonchev–Trinajstić information content (AvgIpc) is 3.11. The molecule has 34 heavy (non-hydrogen) atoms. The van der Waals surface area contributed by atoms with Gasteiger partial charge in [0.2, 0.25) is 0 Å². The number of ether oxygens (including phenoxy) is 1. The highest BCUT2D eigenvalue weighted by molar-refractivity contribution is 6.30. The van der Waals surface area contributed by atoms with Gasteiger partial charge in [0.15, 0.2) is 0 Å². The normalized spacial score (nSPS) is 16.8. The van der Waals surface area contributed by atoms with E-state index in [-0.39, 0.29) is 11.5 Å². The monoisotopic (exact) mass is 480 g/mol. The standard InChI is InChI=1S/C26H29ClN4O3/c27-20-6-8-21(9-7-20)34-17-16-29-12-14-30(15-13-29)25(32)19-5-10-22-23(18-19)28-24-4-2-1-3-11-31(24)26(22)33/h5-10,18H,1-4,11-17H2. The molecule has 1 aromatic heterocycles. The van der Waals surface area contributed by atoms with Crippen LogP contribution in [0.1, 0.15) is 35.4 Å². The highest BCUT2D eigenvalue weighted by Crippen LogP contribution is 2.18. The van der Waals surface area contributed by atoms with E-state index >= 15 is 0 Å². The summed E-state index contributed by atoms with van der Waals surface area (Å²) in [7, 11) is 0. The molecule has 2 aliphatic heterocycles. The number of halogens is 1. The Kier molecular flexibility index (Phi) is 6.83. The van der Waals surface area contributed by atoms with Gasteiger partial charge in [0.05, 0.1) is 10.9 Å². The molecule has 7 nitrogen and oxygen atoms in total. The SMILES string of the molecule is O=C(c1ccc2c(=O)n3c(nc2c1)CCCCC3)N1CCN(CCOc2ccc(Cl)cc2)CC1. The zero-order valence-electron chi connectivity index (χ0n) is 19.2. The van der Waals surface area contributed by atoms with Gasteiger partial charge in [0.1, 0.15) is 18.2 Å². The fourth-order valence-electron chi connectivity index (χ4n) is 4.73. The van der Waals surface area contributed by atoms with Crippen LogP contribution in [0.25, 0.3) is 10.9 Å². The summed E-state index contributed by atoms with van der Waals surface area (Å²) in [5.41, 5.74) is 1.23. The first-order chi connectivity index (χ1) is 16.6. The lowest BCUT2D eigenvalue weighted by atomic mass is 10.1. The molecule has 1 saturated heterocycles. The van der Waals surface area contributed by atoms with Crippen LogP contribution in [0.15, 0.2) is 47.3 Å². The molecule has 0 radical (unpaired) electrons. The zero-order valence-corrected chi connectivity index (χ0v) is 20.0. The van der Waals surface area contributed by atoms with Crippen LogP contribution < -0.4 is 10.3 Å². The summed E-state index contributed by atoms with van der Waals surface area (Å²) in [5.74, 6) is 1.64. The maximum atomic E-state index is 13.2. The van der Waals surface area contributed by atoms with Crippen LogP contribution in [0.4, 0.5) is 0 Å². The van der Waals surface area contributed by atoms with Crippen molar-refractivity contribution in [2.75, 3.05) is 39.3 Å². The third-order valence-electron chi connectivity index (χ3n) is 6.71. The molecule has 0 unspecified atom stereocenters. The lowest BCUT2D eigenvalue weighted by Gasteiger charge is -2.34. The van der Waals surface area contributed by atoms with E-state index in [1.807, 2.05) is 33.7 Å². The van der Waals surface area contributed by atoms with Gasteiger partial charge in [-0.25, -0.2) is 4.98 Å². The Balaban J connectivity index is 1.20. The van der Waals surface area contributed by atoms with Gasteiger partial charge in [-0.3, -0.25) is 19.1 Å². The Morgan fingerprint density at radius 3 is 2.56 bits per heavy atom. The molecule has 3 heterocycles. The minimum absolute atomic E-state index is 0.00388. The van der Waals surface area contributed by atoms with Gasteiger partial charge in [0, 0.05) is 56.3 Å². The third kappa shape index (κ3) is 4.95. The van der Waals surface area contributed by atoms with Gasteiger partial charge in [-0.15, -0.1) is 0 Å². The molecule has 0 spiro atoms. The lowest BCUT2D eigenvalue weighted by molar-refractivity contribution is 0.0620. The molecule has 1 fully saturated rings. The molecular formula is C26H29ClN4O3. The lowest BCUT2D eigenvalue weighted by Crippen LogP contribution is -2.49. The van der Waals surface area contributed by atoms with Gasteiger partial charge < -0.3 is 9.64 Å². The first kappa shape index (κ1) is 22.9. The van der Waals surface area contributed by atoms with E-state index < -0.39 is 0 Å². The maximum absolute atomic E-state index is 13.2. The second-order valence-corrected chi connectivity index (χ2v) is 9.40. The number of rotatable bonds is 5. The molecule has 0 atom stereocenters. The first-order valence-corrected chi connectivity index (χ1v) is 12.4. The van der Waals surface area contributed by atoms with E-state index in [9.17, 15) is 9.59 Å². The van der Waals surface area contributed by atoms with Crippen molar-refractivity contribution in [1.82, 2.24) is 19.4 Å². The van der Waals surface area contributed by atoms with Crippen LogP contribution in [0, 0.1) is 0 Å². The molecule has 0 bridgehead atoms. The largest absolute Gasteiger partial charge is 0.492 e. The number of amides is 1. The first-order valence-electron chi connectivity index (χ1n) is 12.0. The second kappa shape index (κ2) is 10.2. The van der Waals surface area contributed by atoms with Crippen molar-refractivity contribution in [3.8, 4) is 5.75 Å². The number of carbonyl (C=O) groups excluding carboxylic acids is 1. The van der Waals surface area contributed by atoms with Gasteiger partial charge in [-0.05, 0) is 55.3 Å². The van der Waals surface area contributed by atoms with E-state index in [1.165, 1.54) is 0 Å². The molecule has 0 aliphatic carbocycles. The Morgan fingerprint density at radius 2 is 1.76 bits per heavy atom. The molecule has 1 amide bonds. The predicted molar refractivity (Wildman–Crippen MR) is 133 cm³/mol.